The maximum atomic E-state index is 12.6. The van der Waals surface area contributed by atoms with Crippen LogP contribution in [0.4, 0.5) is 10.5 Å². The Morgan fingerprint density at radius 2 is 1.61 bits per heavy atom. The molecule has 0 aliphatic carbocycles. The molecule has 0 saturated carbocycles. The normalized spacial score (nSPS) is 21.8. The van der Waals surface area contributed by atoms with Gasteiger partial charge in [-0.2, -0.15) is 11.8 Å². The molecule has 3 heterocycles. The van der Waals surface area contributed by atoms with Gasteiger partial charge in [0.15, 0.2) is 0 Å². The Bertz CT molecular complexity index is 783. The fourth-order valence-electron chi connectivity index (χ4n) is 4.11. The SMILES string of the molecule is O=C(Cc1ccc(NC(=O)N2CCN(C(=O)C3CCCO3)CC2)cc1)N1CCSCC1. The molecule has 0 bridgehead atoms. The van der Waals surface area contributed by atoms with Crippen molar-refractivity contribution in [3.8, 4) is 0 Å². The highest BCUT2D eigenvalue weighted by molar-refractivity contribution is 7.99. The molecule has 168 valence electrons. The number of nitrogens with one attached hydrogen (secondary N) is 1. The number of piperazine rings is 1. The quantitative estimate of drug-likeness (QED) is 0.761. The molecule has 1 aromatic rings. The van der Waals surface area contributed by atoms with Crippen LogP contribution in [0.1, 0.15) is 18.4 Å². The van der Waals surface area contributed by atoms with E-state index in [0.717, 1.165) is 43.0 Å². The van der Waals surface area contributed by atoms with Crippen LogP contribution >= 0.6 is 11.8 Å². The topological polar surface area (TPSA) is 82.2 Å². The van der Waals surface area contributed by atoms with Crippen LogP contribution in [0.25, 0.3) is 0 Å². The highest BCUT2D eigenvalue weighted by Gasteiger charge is 2.31. The molecule has 3 aliphatic rings. The third-order valence-electron chi connectivity index (χ3n) is 6.01. The summed E-state index contributed by atoms with van der Waals surface area (Å²) in [6.07, 6.45) is 1.81. The second-order valence-corrected chi connectivity index (χ2v) is 9.34. The molecular weight excluding hydrogens is 416 g/mol. The molecule has 4 amide bonds. The molecule has 0 aromatic heterocycles. The first kappa shape index (κ1) is 22.0. The van der Waals surface area contributed by atoms with Crippen molar-refractivity contribution < 1.29 is 19.1 Å². The molecule has 3 aliphatic heterocycles. The summed E-state index contributed by atoms with van der Waals surface area (Å²) in [5, 5.41) is 2.92. The third-order valence-corrected chi connectivity index (χ3v) is 6.95. The van der Waals surface area contributed by atoms with E-state index in [1.165, 1.54) is 0 Å². The molecule has 1 unspecified atom stereocenters. The van der Waals surface area contributed by atoms with E-state index in [0.29, 0.717) is 44.9 Å². The molecule has 3 saturated heterocycles. The number of nitrogens with zero attached hydrogens (tertiary/aromatic N) is 3. The summed E-state index contributed by atoms with van der Waals surface area (Å²) < 4.78 is 5.48. The lowest BCUT2D eigenvalue weighted by Crippen LogP contribution is -2.53. The fraction of sp³-hybridized carbons (Fsp3) is 0.591. The molecule has 1 atom stereocenters. The number of hydrogen-bond acceptors (Lipinski definition) is 5. The molecule has 9 heteroatoms. The summed E-state index contributed by atoms with van der Waals surface area (Å²) in [5.74, 6) is 2.22. The summed E-state index contributed by atoms with van der Waals surface area (Å²) in [4.78, 5) is 42.9. The number of hydrogen-bond donors (Lipinski definition) is 1. The van der Waals surface area contributed by atoms with Crippen molar-refractivity contribution in [1.82, 2.24) is 14.7 Å². The maximum absolute atomic E-state index is 12.6. The van der Waals surface area contributed by atoms with Gasteiger partial charge in [0, 0.05) is 63.1 Å². The van der Waals surface area contributed by atoms with Crippen molar-refractivity contribution in [1.29, 1.82) is 0 Å². The predicted molar refractivity (Wildman–Crippen MR) is 120 cm³/mol. The summed E-state index contributed by atoms with van der Waals surface area (Å²) in [6, 6.07) is 7.29. The Balaban J connectivity index is 1.22. The van der Waals surface area contributed by atoms with Crippen LogP contribution in [0.15, 0.2) is 24.3 Å². The number of amides is 4. The summed E-state index contributed by atoms with van der Waals surface area (Å²) in [7, 11) is 0. The Morgan fingerprint density at radius 3 is 2.26 bits per heavy atom. The molecule has 1 N–H and O–H groups in total. The highest BCUT2D eigenvalue weighted by atomic mass is 32.2. The van der Waals surface area contributed by atoms with E-state index in [9.17, 15) is 14.4 Å². The minimum atomic E-state index is -0.306. The molecule has 3 fully saturated rings. The Morgan fingerprint density at radius 1 is 0.935 bits per heavy atom. The summed E-state index contributed by atoms with van der Waals surface area (Å²) in [5.41, 5.74) is 1.65. The van der Waals surface area contributed by atoms with Crippen molar-refractivity contribution in [3.63, 3.8) is 0 Å². The monoisotopic (exact) mass is 446 g/mol. The van der Waals surface area contributed by atoms with Gasteiger partial charge in [0.05, 0.1) is 6.42 Å². The maximum Gasteiger partial charge on any atom is 0.321 e. The van der Waals surface area contributed by atoms with E-state index < -0.39 is 0 Å². The van der Waals surface area contributed by atoms with Gasteiger partial charge in [-0.25, -0.2) is 4.79 Å². The van der Waals surface area contributed by atoms with Gasteiger partial charge in [-0.05, 0) is 30.5 Å². The average molecular weight is 447 g/mol. The predicted octanol–water partition coefficient (Wildman–Crippen LogP) is 1.66. The van der Waals surface area contributed by atoms with Crippen molar-refractivity contribution in [2.45, 2.75) is 25.4 Å². The van der Waals surface area contributed by atoms with Crippen molar-refractivity contribution in [2.75, 3.05) is 62.7 Å². The second-order valence-electron chi connectivity index (χ2n) is 8.11. The van der Waals surface area contributed by atoms with Gasteiger partial charge in [-0.1, -0.05) is 12.1 Å². The van der Waals surface area contributed by atoms with Crippen LogP contribution in [0.3, 0.4) is 0 Å². The lowest BCUT2D eigenvalue weighted by Gasteiger charge is -2.35. The zero-order valence-electron chi connectivity index (χ0n) is 17.8. The van der Waals surface area contributed by atoms with Crippen molar-refractivity contribution in [3.05, 3.63) is 29.8 Å². The van der Waals surface area contributed by atoms with Gasteiger partial charge >= 0.3 is 6.03 Å². The van der Waals surface area contributed by atoms with Gasteiger partial charge < -0.3 is 24.8 Å². The zero-order chi connectivity index (χ0) is 21.6. The first-order chi connectivity index (χ1) is 15.1. The molecule has 4 rings (SSSR count). The van der Waals surface area contributed by atoms with Crippen LogP contribution in [0.2, 0.25) is 0 Å². The van der Waals surface area contributed by atoms with E-state index in [2.05, 4.69) is 5.32 Å². The Hall–Kier alpha value is -2.26. The minimum Gasteiger partial charge on any atom is -0.368 e. The molecule has 0 spiro atoms. The van der Waals surface area contributed by atoms with Gasteiger partial charge in [-0.3, -0.25) is 9.59 Å². The lowest BCUT2D eigenvalue weighted by molar-refractivity contribution is -0.142. The van der Waals surface area contributed by atoms with Gasteiger partial charge in [-0.15, -0.1) is 0 Å². The zero-order valence-corrected chi connectivity index (χ0v) is 18.6. The van der Waals surface area contributed by atoms with E-state index >= 15 is 0 Å². The van der Waals surface area contributed by atoms with Crippen molar-refractivity contribution in [2.24, 2.45) is 0 Å². The van der Waals surface area contributed by atoms with E-state index in [1.54, 1.807) is 9.80 Å². The standard InChI is InChI=1S/C22H30N4O4S/c27-20(24-11-14-31-15-12-24)16-17-3-5-18(6-4-17)23-22(29)26-9-7-25(8-10-26)21(28)19-2-1-13-30-19/h3-6,19H,1-2,7-16H2,(H,23,29). The third kappa shape index (κ3) is 5.71. The van der Waals surface area contributed by atoms with E-state index in [4.69, 9.17) is 4.74 Å². The van der Waals surface area contributed by atoms with Crippen LogP contribution in [0, 0.1) is 0 Å². The minimum absolute atomic E-state index is 0.0472. The molecule has 8 nitrogen and oxygen atoms in total. The molecular formula is C22H30N4O4S. The second kappa shape index (κ2) is 10.4. The van der Waals surface area contributed by atoms with Crippen LogP contribution in [-0.2, 0) is 20.7 Å². The van der Waals surface area contributed by atoms with Crippen LogP contribution in [0.5, 0.6) is 0 Å². The number of carbonyl (C=O) groups excluding carboxylic acids is 3. The number of benzene rings is 1. The first-order valence-electron chi connectivity index (χ1n) is 11.0. The number of carbonyl (C=O) groups is 3. The lowest BCUT2D eigenvalue weighted by atomic mass is 10.1. The van der Waals surface area contributed by atoms with Crippen LogP contribution in [-0.4, -0.2) is 96.0 Å². The van der Waals surface area contributed by atoms with E-state index in [1.807, 2.05) is 40.9 Å². The van der Waals surface area contributed by atoms with Gasteiger partial charge in [0.1, 0.15) is 6.10 Å². The largest absolute Gasteiger partial charge is 0.368 e. The number of urea groups is 1. The summed E-state index contributed by atoms with van der Waals surface area (Å²) >= 11 is 1.89. The van der Waals surface area contributed by atoms with Gasteiger partial charge in [0.25, 0.3) is 5.91 Å². The molecule has 0 radical (unpaired) electrons. The fourth-order valence-corrected chi connectivity index (χ4v) is 5.02. The van der Waals surface area contributed by atoms with Crippen LogP contribution < -0.4 is 5.32 Å². The average Bonchev–Trinajstić information content (AvgIpc) is 3.35. The molecule has 31 heavy (non-hydrogen) atoms. The molecule has 1 aromatic carbocycles. The van der Waals surface area contributed by atoms with E-state index in [-0.39, 0.29) is 23.9 Å². The highest BCUT2D eigenvalue weighted by Crippen LogP contribution is 2.17. The Kier molecular flexibility index (Phi) is 7.34. The Labute approximate surface area is 187 Å². The smallest absolute Gasteiger partial charge is 0.321 e. The van der Waals surface area contributed by atoms with Crippen molar-refractivity contribution >= 4 is 35.3 Å². The summed E-state index contributed by atoms with van der Waals surface area (Å²) in [6.45, 7) is 4.37. The first-order valence-corrected chi connectivity index (χ1v) is 12.2. The number of anilines is 1. The number of thioether (sulfide) groups is 1. The number of rotatable bonds is 4. The number of ether oxygens (including phenoxy) is 1. The van der Waals surface area contributed by atoms with Gasteiger partial charge in [0.2, 0.25) is 5.91 Å².